The molecule has 7 heteroatoms. The van der Waals surface area contributed by atoms with Gasteiger partial charge in [-0.1, -0.05) is 36.4 Å². The maximum absolute atomic E-state index is 13.8. The van der Waals surface area contributed by atoms with Gasteiger partial charge in [0.25, 0.3) is 0 Å². The van der Waals surface area contributed by atoms with E-state index >= 15 is 0 Å². The molecular weight excluding hydrogens is 383 g/mol. The maximum atomic E-state index is 13.8. The summed E-state index contributed by atoms with van der Waals surface area (Å²) in [6.07, 6.45) is 2.42. The summed E-state index contributed by atoms with van der Waals surface area (Å²) in [7, 11) is 0. The molecule has 1 amide bonds. The Kier molecular flexibility index (Phi) is 5.79. The highest BCUT2D eigenvalue weighted by Crippen LogP contribution is 2.23. The lowest BCUT2D eigenvalue weighted by Gasteiger charge is -2.32. The number of amides is 1. The fourth-order valence-electron chi connectivity index (χ4n) is 4.09. The minimum Gasteiger partial charge on any atom is -0.342 e. The van der Waals surface area contributed by atoms with Gasteiger partial charge >= 0.3 is 5.69 Å². The number of aromatic nitrogens is 3. The molecule has 4 rings (SSSR count). The van der Waals surface area contributed by atoms with Crippen molar-refractivity contribution < 1.29 is 9.18 Å². The highest BCUT2D eigenvalue weighted by atomic mass is 19.1. The van der Waals surface area contributed by atoms with Crippen molar-refractivity contribution in [3.8, 4) is 5.69 Å². The second-order valence-electron chi connectivity index (χ2n) is 7.86. The van der Waals surface area contributed by atoms with Crippen LogP contribution in [0.4, 0.5) is 4.39 Å². The van der Waals surface area contributed by atoms with Crippen LogP contribution >= 0.6 is 0 Å². The highest BCUT2D eigenvalue weighted by Gasteiger charge is 2.25. The number of nitrogens with one attached hydrogen (secondary N) is 1. The SMILES string of the molecule is Cc1ccccc1-n1c(CC2CCN(C(=O)Cc3ccccc3F)CC2)n[nH]c1=O. The Balaban J connectivity index is 1.39. The number of likely N-dealkylation sites (tertiary alicyclic amines) is 1. The fraction of sp³-hybridized carbons (Fsp3) is 0.348. The molecule has 30 heavy (non-hydrogen) atoms. The van der Waals surface area contributed by atoms with Gasteiger partial charge in [0, 0.05) is 19.5 Å². The van der Waals surface area contributed by atoms with E-state index in [-0.39, 0.29) is 23.8 Å². The summed E-state index contributed by atoms with van der Waals surface area (Å²) in [5.74, 6) is 0.662. The van der Waals surface area contributed by atoms with Gasteiger partial charge in [0.1, 0.15) is 11.6 Å². The smallest absolute Gasteiger partial charge is 0.342 e. The molecule has 1 aromatic heterocycles. The molecule has 1 aliphatic heterocycles. The van der Waals surface area contributed by atoms with E-state index in [1.54, 1.807) is 22.8 Å². The van der Waals surface area contributed by atoms with Crippen molar-refractivity contribution in [2.45, 2.75) is 32.6 Å². The lowest BCUT2D eigenvalue weighted by atomic mass is 9.92. The first-order chi connectivity index (χ1) is 14.5. The van der Waals surface area contributed by atoms with E-state index < -0.39 is 0 Å². The molecule has 1 aliphatic rings. The van der Waals surface area contributed by atoms with E-state index in [2.05, 4.69) is 10.2 Å². The topological polar surface area (TPSA) is 71.0 Å². The Morgan fingerprint density at radius 1 is 1.13 bits per heavy atom. The van der Waals surface area contributed by atoms with Gasteiger partial charge in [-0.2, -0.15) is 5.10 Å². The first-order valence-electron chi connectivity index (χ1n) is 10.3. The van der Waals surface area contributed by atoms with Crippen molar-refractivity contribution in [3.63, 3.8) is 0 Å². The van der Waals surface area contributed by atoms with Crippen molar-refractivity contribution in [1.82, 2.24) is 19.7 Å². The predicted molar refractivity (Wildman–Crippen MR) is 112 cm³/mol. The number of halogens is 1. The molecule has 156 valence electrons. The quantitative estimate of drug-likeness (QED) is 0.705. The van der Waals surface area contributed by atoms with Crippen LogP contribution < -0.4 is 5.69 Å². The molecular formula is C23H25FN4O2. The number of carbonyl (C=O) groups excluding carboxylic acids is 1. The number of carbonyl (C=O) groups is 1. The van der Waals surface area contributed by atoms with Gasteiger partial charge in [0.15, 0.2) is 0 Å². The molecule has 3 aromatic rings. The molecule has 2 aromatic carbocycles. The predicted octanol–water partition coefficient (Wildman–Crippen LogP) is 3.03. The summed E-state index contributed by atoms with van der Waals surface area (Å²) in [5.41, 5.74) is 2.04. The Labute approximate surface area is 174 Å². The summed E-state index contributed by atoms with van der Waals surface area (Å²) in [6, 6.07) is 14.1. The van der Waals surface area contributed by atoms with Gasteiger partial charge < -0.3 is 4.90 Å². The van der Waals surface area contributed by atoms with Crippen molar-refractivity contribution in [2.75, 3.05) is 13.1 Å². The molecule has 0 radical (unpaired) electrons. The van der Waals surface area contributed by atoms with E-state index in [4.69, 9.17) is 0 Å². The van der Waals surface area contributed by atoms with Crippen molar-refractivity contribution >= 4 is 5.91 Å². The molecule has 0 spiro atoms. The van der Waals surface area contributed by atoms with Gasteiger partial charge in [-0.3, -0.25) is 4.79 Å². The van der Waals surface area contributed by atoms with E-state index in [1.807, 2.05) is 36.1 Å². The van der Waals surface area contributed by atoms with Gasteiger partial charge in [-0.25, -0.2) is 18.9 Å². The molecule has 2 heterocycles. The Bertz CT molecular complexity index is 1100. The third kappa shape index (κ3) is 4.20. The van der Waals surface area contributed by atoms with E-state index in [1.165, 1.54) is 6.07 Å². The summed E-state index contributed by atoms with van der Waals surface area (Å²) in [4.78, 5) is 26.7. The molecule has 0 aliphatic carbocycles. The number of H-pyrrole nitrogens is 1. The number of hydrogen-bond acceptors (Lipinski definition) is 3. The van der Waals surface area contributed by atoms with Gasteiger partial charge in [-0.05, 0) is 48.9 Å². The second kappa shape index (κ2) is 8.65. The van der Waals surface area contributed by atoms with Gasteiger partial charge in [0.2, 0.25) is 5.91 Å². The summed E-state index contributed by atoms with van der Waals surface area (Å²) in [5, 5.41) is 6.82. The van der Waals surface area contributed by atoms with Crippen molar-refractivity contribution in [3.05, 3.63) is 81.8 Å². The van der Waals surface area contributed by atoms with Crippen LogP contribution in [0.2, 0.25) is 0 Å². The number of para-hydroxylation sites is 1. The Morgan fingerprint density at radius 3 is 2.57 bits per heavy atom. The molecule has 0 unspecified atom stereocenters. The van der Waals surface area contributed by atoms with E-state index in [0.717, 1.165) is 24.1 Å². The first-order valence-corrected chi connectivity index (χ1v) is 10.3. The zero-order valence-electron chi connectivity index (χ0n) is 17.0. The molecule has 0 saturated carbocycles. The number of nitrogens with zero attached hydrogens (tertiary/aromatic N) is 3. The van der Waals surface area contributed by atoms with Crippen molar-refractivity contribution in [1.29, 1.82) is 0 Å². The van der Waals surface area contributed by atoms with Gasteiger partial charge in [-0.15, -0.1) is 0 Å². The summed E-state index contributed by atoms with van der Waals surface area (Å²) >= 11 is 0. The van der Waals surface area contributed by atoms with Crippen molar-refractivity contribution in [2.24, 2.45) is 5.92 Å². The van der Waals surface area contributed by atoms with Crippen LogP contribution in [0.25, 0.3) is 5.69 Å². The summed E-state index contributed by atoms with van der Waals surface area (Å²) < 4.78 is 15.5. The van der Waals surface area contributed by atoms with Crippen LogP contribution in [-0.2, 0) is 17.6 Å². The average molecular weight is 408 g/mol. The largest absolute Gasteiger partial charge is 0.347 e. The zero-order valence-corrected chi connectivity index (χ0v) is 17.0. The number of piperidine rings is 1. The van der Waals surface area contributed by atoms with Crippen LogP contribution in [0.15, 0.2) is 53.3 Å². The third-order valence-corrected chi connectivity index (χ3v) is 5.84. The second-order valence-corrected chi connectivity index (χ2v) is 7.86. The van der Waals surface area contributed by atoms with Gasteiger partial charge in [0.05, 0.1) is 12.1 Å². The number of aromatic amines is 1. The molecule has 0 atom stereocenters. The Morgan fingerprint density at radius 2 is 1.83 bits per heavy atom. The minimum absolute atomic E-state index is 0.0462. The first kappa shape index (κ1) is 20.1. The average Bonchev–Trinajstić information content (AvgIpc) is 3.10. The number of benzene rings is 2. The fourth-order valence-corrected chi connectivity index (χ4v) is 4.09. The minimum atomic E-state index is -0.339. The number of aryl methyl sites for hydroxylation is 1. The van der Waals surface area contributed by atoms with Crippen LogP contribution in [0, 0.1) is 18.7 Å². The highest BCUT2D eigenvalue weighted by molar-refractivity contribution is 5.78. The van der Waals surface area contributed by atoms with Crippen LogP contribution in [0.5, 0.6) is 0 Å². The Hall–Kier alpha value is -3.22. The molecule has 1 fully saturated rings. The van der Waals surface area contributed by atoms with Crippen LogP contribution in [0.3, 0.4) is 0 Å². The van der Waals surface area contributed by atoms with E-state index in [0.29, 0.717) is 36.8 Å². The zero-order chi connectivity index (χ0) is 21.1. The normalized spacial score (nSPS) is 14.8. The monoisotopic (exact) mass is 408 g/mol. The lowest BCUT2D eigenvalue weighted by Crippen LogP contribution is -2.40. The van der Waals surface area contributed by atoms with E-state index in [9.17, 15) is 14.0 Å². The third-order valence-electron chi connectivity index (χ3n) is 5.84. The summed E-state index contributed by atoms with van der Waals surface area (Å²) in [6.45, 7) is 3.24. The standard InChI is InChI=1S/C23H25FN4O2/c1-16-6-2-5-9-20(16)28-21(25-26-23(28)30)14-17-10-12-27(13-11-17)22(29)15-18-7-3-4-8-19(18)24/h2-9,17H,10-15H2,1H3,(H,26,30). The molecule has 1 N–H and O–H groups in total. The van der Waals surface area contributed by atoms with Crippen LogP contribution in [-0.4, -0.2) is 38.7 Å². The number of hydrogen-bond donors (Lipinski definition) is 1. The molecule has 0 bridgehead atoms. The lowest BCUT2D eigenvalue weighted by molar-refractivity contribution is -0.131. The van der Waals surface area contributed by atoms with Crippen LogP contribution in [0.1, 0.15) is 29.8 Å². The molecule has 1 saturated heterocycles. The number of rotatable bonds is 5. The molecule has 6 nitrogen and oxygen atoms in total. The maximum Gasteiger partial charge on any atom is 0.347 e.